The highest BCUT2D eigenvalue weighted by Gasteiger charge is 2.04. The van der Waals surface area contributed by atoms with Crippen LogP contribution in [0.5, 0.6) is 0 Å². The largest absolute Gasteiger partial charge is 0.396 e. The number of aliphatic hydroxyl groups is 1. The zero-order valence-electron chi connectivity index (χ0n) is 9.59. The van der Waals surface area contributed by atoms with Crippen molar-refractivity contribution in [2.24, 2.45) is 0 Å². The third-order valence-electron chi connectivity index (χ3n) is 2.18. The Labute approximate surface area is 104 Å². The fourth-order valence-corrected chi connectivity index (χ4v) is 2.29. The molecule has 0 heterocycles. The molecular formula is C12H17NO3S. The molecule has 2 N–H and O–H groups in total. The van der Waals surface area contributed by atoms with Gasteiger partial charge in [-0.15, -0.1) is 0 Å². The minimum Gasteiger partial charge on any atom is -0.396 e. The van der Waals surface area contributed by atoms with Crippen molar-refractivity contribution in [1.29, 1.82) is 0 Å². The summed E-state index contributed by atoms with van der Waals surface area (Å²) < 4.78 is 11.8. The Bertz CT molecular complexity index is 367. The van der Waals surface area contributed by atoms with E-state index in [1.165, 1.54) is 0 Å². The summed E-state index contributed by atoms with van der Waals surface area (Å²) in [5.74, 6) is 0.304. The molecule has 4 nitrogen and oxygen atoms in total. The Hall–Kier alpha value is -1.20. The number of rotatable bonds is 7. The van der Waals surface area contributed by atoms with Crippen LogP contribution in [0.3, 0.4) is 0 Å². The van der Waals surface area contributed by atoms with E-state index in [0.717, 1.165) is 4.90 Å². The number of benzene rings is 1. The van der Waals surface area contributed by atoms with Crippen molar-refractivity contribution in [2.45, 2.75) is 17.7 Å². The number of hydrogen-bond acceptors (Lipinski definition) is 3. The quantitative estimate of drug-likeness (QED) is 0.753. The molecule has 1 unspecified atom stereocenters. The third-order valence-corrected chi connectivity index (χ3v) is 3.55. The average Bonchev–Trinajstić information content (AvgIpc) is 2.37. The molecule has 1 aromatic rings. The van der Waals surface area contributed by atoms with Crippen LogP contribution in [0.15, 0.2) is 35.2 Å². The summed E-state index contributed by atoms with van der Waals surface area (Å²) in [6, 6.07) is 9.17. The van der Waals surface area contributed by atoms with E-state index in [1.54, 1.807) is 0 Å². The Morgan fingerprint density at radius 3 is 2.65 bits per heavy atom. The summed E-state index contributed by atoms with van der Waals surface area (Å²) in [4.78, 5) is 12.0. The predicted molar refractivity (Wildman–Crippen MR) is 67.0 cm³/mol. The number of amides is 1. The molecule has 0 aliphatic heterocycles. The van der Waals surface area contributed by atoms with Gasteiger partial charge in [-0.3, -0.25) is 9.00 Å². The highest BCUT2D eigenvalue weighted by molar-refractivity contribution is 7.85. The average molecular weight is 255 g/mol. The molecule has 17 heavy (non-hydrogen) atoms. The number of hydrogen-bond donors (Lipinski definition) is 2. The zero-order chi connectivity index (χ0) is 12.5. The molecule has 0 saturated carbocycles. The smallest absolute Gasteiger partial charge is 0.220 e. The summed E-state index contributed by atoms with van der Waals surface area (Å²) in [5.41, 5.74) is 0. The first-order chi connectivity index (χ1) is 8.24. The van der Waals surface area contributed by atoms with E-state index in [1.807, 2.05) is 30.3 Å². The number of aliphatic hydroxyl groups excluding tert-OH is 1. The first-order valence-electron chi connectivity index (χ1n) is 5.55. The van der Waals surface area contributed by atoms with Crippen LogP contribution in [0.1, 0.15) is 12.8 Å². The van der Waals surface area contributed by atoms with Gasteiger partial charge in [-0.05, 0) is 18.6 Å². The molecule has 0 aliphatic carbocycles. The van der Waals surface area contributed by atoms with Crippen LogP contribution in [0.25, 0.3) is 0 Å². The van der Waals surface area contributed by atoms with Gasteiger partial charge in [0.2, 0.25) is 5.91 Å². The number of carbonyl (C=O) groups excluding carboxylic acids is 1. The van der Waals surface area contributed by atoms with Crippen molar-refractivity contribution in [3.63, 3.8) is 0 Å². The lowest BCUT2D eigenvalue weighted by Gasteiger charge is -2.04. The molecule has 1 amide bonds. The Morgan fingerprint density at radius 1 is 1.29 bits per heavy atom. The molecule has 1 aromatic carbocycles. The van der Waals surface area contributed by atoms with E-state index in [9.17, 15) is 9.00 Å². The van der Waals surface area contributed by atoms with Crippen molar-refractivity contribution in [1.82, 2.24) is 5.32 Å². The maximum Gasteiger partial charge on any atom is 0.220 e. The molecule has 1 rings (SSSR count). The lowest BCUT2D eigenvalue weighted by molar-refractivity contribution is -0.121. The topological polar surface area (TPSA) is 66.4 Å². The van der Waals surface area contributed by atoms with Gasteiger partial charge in [-0.2, -0.15) is 0 Å². The Balaban J connectivity index is 2.23. The monoisotopic (exact) mass is 255 g/mol. The van der Waals surface area contributed by atoms with Crippen LogP contribution in [0.2, 0.25) is 0 Å². The minimum atomic E-state index is -1.07. The first kappa shape index (κ1) is 13.9. The SMILES string of the molecule is O=C(CCCO)NCCS(=O)c1ccccc1. The fraction of sp³-hybridized carbons (Fsp3) is 0.417. The highest BCUT2D eigenvalue weighted by Crippen LogP contribution is 2.04. The molecule has 0 bridgehead atoms. The van der Waals surface area contributed by atoms with Crippen molar-refractivity contribution in [3.8, 4) is 0 Å². The maximum atomic E-state index is 11.8. The van der Waals surface area contributed by atoms with E-state index >= 15 is 0 Å². The van der Waals surface area contributed by atoms with Gasteiger partial charge >= 0.3 is 0 Å². The third kappa shape index (κ3) is 5.60. The van der Waals surface area contributed by atoms with Gasteiger partial charge < -0.3 is 10.4 Å². The molecule has 1 atom stereocenters. The predicted octanol–water partition coefficient (Wildman–Crippen LogP) is 0.683. The molecule has 0 radical (unpaired) electrons. The van der Waals surface area contributed by atoms with Crippen molar-refractivity contribution >= 4 is 16.7 Å². The second kappa shape index (κ2) is 7.97. The minimum absolute atomic E-state index is 0.0172. The maximum absolute atomic E-state index is 11.8. The van der Waals surface area contributed by atoms with E-state index in [2.05, 4.69) is 5.32 Å². The van der Waals surface area contributed by atoms with Gasteiger partial charge in [0.1, 0.15) is 0 Å². The molecule has 94 valence electrons. The molecule has 0 aliphatic rings. The summed E-state index contributed by atoms with van der Waals surface area (Å²) in [7, 11) is -1.07. The second-order valence-corrected chi connectivity index (χ2v) is 5.11. The summed E-state index contributed by atoms with van der Waals surface area (Å²) >= 11 is 0. The molecule has 0 spiro atoms. The van der Waals surface area contributed by atoms with Crippen LogP contribution >= 0.6 is 0 Å². The van der Waals surface area contributed by atoms with Crippen LogP contribution < -0.4 is 5.32 Å². The van der Waals surface area contributed by atoms with Gasteiger partial charge in [0.25, 0.3) is 0 Å². The van der Waals surface area contributed by atoms with Crippen LogP contribution in [-0.2, 0) is 15.6 Å². The second-order valence-electron chi connectivity index (χ2n) is 3.54. The lowest BCUT2D eigenvalue weighted by atomic mass is 10.3. The first-order valence-corrected chi connectivity index (χ1v) is 6.87. The molecular weight excluding hydrogens is 238 g/mol. The van der Waals surface area contributed by atoms with E-state index < -0.39 is 10.8 Å². The van der Waals surface area contributed by atoms with Crippen LogP contribution in [-0.4, -0.2) is 34.1 Å². The lowest BCUT2D eigenvalue weighted by Crippen LogP contribution is -2.27. The van der Waals surface area contributed by atoms with Gasteiger partial charge in [0.05, 0.1) is 10.8 Å². The van der Waals surface area contributed by atoms with Crippen molar-refractivity contribution < 1.29 is 14.1 Å². The van der Waals surface area contributed by atoms with Crippen molar-refractivity contribution in [3.05, 3.63) is 30.3 Å². The zero-order valence-corrected chi connectivity index (χ0v) is 10.4. The molecule has 0 fully saturated rings. The van der Waals surface area contributed by atoms with Crippen molar-refractivity contribution in [2.75, 3.05) is 18.9 Å². The van der Waals surface area contributed by atoms with Gasteiger partial charge in [-0.1, -0.05) is 18.2 Å². The van der Waals surface area contributed by atoms with E-state index in [-0.39, 0.29) is 12.5 Å². The highest BCUT2D eigenvalue weighted by atomic mass is 32.2. The number of carbonyl (C=O) groups is 1. The summed E-state index contributed by atoms with van der Waals surface area (Å²) in [5, 5.41) is 11.2. The van der Waals surface area contributed by atoms with Crippen LogP contribution in [0.4, 0.5) is 0 Å². The summed E-state index contributed by atoms with van der Waals surface area (Å²) in [6.45, 7) is 0.412. The number of nitrogens with one attached hydrogen (secondary N) is 1. The van der Waals surface area contributed by atoms with E-state index in [0.29, 0.717) is 25.1 Å². The molecule has 0 saturated heterocycles. The standard InChI is InChI=1S/C12H17NO3S/c14-9-4-7-12(15)13-8-10-17(16)11-5-2-1-3-6-11/h1-3,5-6,14H,4,7-10H2,(H,13,15). The molecule has 0 aromatic heterocycles. The van der Waals surface area contributed by atoms with Crippen LogP contribution in [0, 0.1) is 0 Å². The normalized spacial score (nSPS) is 12.1. The van der Waals surface area contributed by atoms with Gasteiger partial charge in [-0.25, -0.2) is 0 Å². The molecule has 5 heteroatoms. The van der Waals surface area contributed by atoms with Gasteiger partial charge in [0, 0.05) is 30.2 Å². The summed E-state index contributed by atoms with van der Waals surface area (Å²) in [6.07, 6.45) is 0.780. The fourth-order valence-electron chi connectivity index (χ4n) is 1.30. The van der Waals surface area contributed by atoms with E-state index in [4.69, 9.17) is 5.11 Å². The Kier molecular flexibility index (Phi) is 6.50. The van der Waals surface area contributed by atoms with Gasteiger partial charge in [0.15, 0.2) is 0 Å². The Morgan fingerprint density at radius 2 is 2.00 bits per heavy atom.